The molecule has 2 aromatic carbocycles. The van der Waals surface area contributed by atoms with Gasteiger partial charge in [0, 0.05) is 27.5 Å². The second-order valence-corrected chi connectivity index (χ2v) is 8.16. The maximum atomic E-state index is 12.7. The van der Waals surface area contributed by atoms with Crippen LogP contribution in [0.3, 0.4) is 0 Å². The lowest BCUT2D eigenvalue weighted by atomic mass is 9.85. The molecule has 0 spiro atoms. The fourth-order valence-electron chi connectivity index (χ4n) is 3.11. The summed E-state index contributed by atoms with van der Waals surface area (Å²) in [6.07, 6.45) is 2.81. The number of carbonyl (C=O) groups excluding carboxylic acids is 1. The second kappa shape index (κ2) is 6.44. The molecule has 124 valence electrons. The van der Waals surface area contributed by atoms with Crippen LogP contribution >= 0.6 is 0 Å². The van der Waals surface area contributed by atoms with Crippen LogP contribution in [0, 0.1) is 0 Å². The number of aliphatic imine (C=N–C) groups is 1. The van der Waals surface area contributed by atoms with Crippen LogP contribution in [0.25, 0.3) is 0 Å². The van der Waals surface area contributed by atoms with Crippen LogP contribution < -0.4 is 0 Å². The van der Waals surface area contributed by atoms with Crippen LogP contribution in [0.5, 0.6) is 0 Å². The zero-order chi connectivity index (χ0) is 17.3. The van der Waals surface area contributed by atoms with Gasteiger partial charge in [0.1, 0.15) is 0 Å². The van der Waals surface area contributed by atoms with Crippen molar-refractivity contribution in [3.05, 3.63) is 65.2 Å². The lowest BCUT2D eigenvalue weighted by molar-refractivity contribution is 0.100. The normalized spacial score (nSPS) is 16.9. The summed E-state index contributed by atoms with van der Waals surface area (Å²) in [5.41, 5.74) is 3.63. The number of hydrogen-bond donors (Lipinski definition) is 0. The average molecular weight is 339 g/mol. The molecule has 0 aromatic heterocycles. The van der Waals surface area contributed by atoms with Crippen molar-refractivity contribution in [2.24, 2.45) is 4.99 Å². The summed E-state index contributed by atoms with van der Waals surface area (Å²) >= 11 is 0. The minimum atomic E-state index is -1.03. The number of Topliss-reactive ketones (excluding diaryl/α,β-unsaturated/α-hetero) is 1. The molecule has 24 heavy (non-hydrogen) atoms. The molecule has 4 heteroatoms. The third-order valence-corrected chi connectivity index (χ3v) is 5.16. The first-order chi connectivity index (χ1) is 11.4. The minimum absolute atomic E-state index is 0.0367. The van der Waals surface area contributed by atoms with Gasteiger partial charge in [0.25, 0.3) is 0 Å². The molecule has 0 saturated heterocycles. The number of ketones is 1. The van der Waals surface area contributed by atoms with Gasteiger partial charge in [-0.15, -0.1) is 0 Å². The summed E-state index contributed by atoms with van der Waals surface area (Å²) in [6, 6.07) is 15.2. The summed E-state index contributed by atoms with van der Waals surface area (Å²) in [5, 5.41) is 0. The van der Waals surface area contributed by atoms with Gasteiger partial charge in [0.05, 0.1) is 17.7 Å². The maximum absolute atomic E-state index is 12.7. The fourth-order valence-corrected chi connectivity index (χ4v) is 3.63. The summed E-state index contributed by atoms with van der Waals surface area (Å²) in [6.45, 7) is 4.19. The Balaban J connectivity index is 1.87. The van der Waals surface area contributed by atoms with Crippen molar-refractivity contribution in [1.29, 1.82) is 0 Å². The number of hydrogen-bond acceptors (Lipinski definition) is 3. The highest BCUT2D eigenvalue weighted by Gasteiger charge is 2.27. The largest absolute Gasteiger partial charge is 0.294 e. The number of rotatable bonds is 4. The average Bonchev–Trinajstić information content (AvgIpc) is 2.53. The Bertz CT molecular complexity index is 835. The molecular formula is C20H21NO2S. The molecule has 3 nitrogen and oxygen atoms in total. The first-order valence-electron chi connectivity index (χ1n) is 7.99. The Morgan fingerprint density at radius 3 is 2.46 bits per heavy atom. The predicted molar refractivity (Wildman–Crippen MR) is 98.5 cm³/mol. The number of carbonyl (C=O) groups is 1. The molecule has 0 amide bonds. The Labute approximate surface area is 145 Å². The van der Waals surface area contributed by atoms with Crippen LogP contribution in [0.1, 0.15) is 41.8 Å². The van der Waals surface area contributed by atoms with Gasteiger partial charge in [-0.3, -0.25) is 14.0 Å². The summed E-state index contributed by atoms with van der Waals surface area (Å²) in [5.74, 6) is 0.0367. The third-order valence-electron chi connectivity index (χ3n) is 4.23. The van der Waals surface area contributed by atoms with Gasteiger partial charge in [-0.25, -0.2) is 0 Å². The summed E-state index contributed by atoms with van der Waals surface area (Å²) in [4.78, 5) is 18.2. The van der Waals surface area contributed by atoms with Gasteiger partial charge in [0.15, 0.2) is 5.78 Å². The monoisotopic (exact) mass is 339 g/mol. The van der Waals surface area contributed by atoms with E-state index in [1.807, 2.05) is 18.2 Å². The number of benzene rings is 2. The van der Waals surface area contributed by atoms with E-state index >= 15 is 0 Å². The van der Waals surface area contributed by atoms with Gasteiger partial charge < -0.3 is 0 Å². The molecule has 2 aromatic rings. The highest BCUT2D eigenvalue weighted by molar-refractivity contribution is 7.84. The van der Waals surface area contributed by atoms with Gasteiger partial charge >= 0.3 is 0 Å². The van der Waals surface area contributed by atoms with Crippen molar-refractivity contribution in [1.82, 2.24) is 0 Å². The zero-order valence-corrected chi connectivity index (χ0v) is 15.0. The summed E-state index contributed by atoms with van der Waals surface area (Å²) in [7, 11) is -1.03. The maximum Gasteiger partial charge on any atom is 0.168 e. The second-order valence-electron chi connectivity index (χ2n) is 6.78. The van der Waals surface area contributed by atoms with Crippen molar-refractivity contribution in [2.45, 2.75) is 37.1 Å². The molecule has 1 atom stereocenters. The molecule has 0 fully saturated rings. The minimum Gasteiger partial charge on any atom is -0.294 e. The molecule has 1 aliphatic heterocycles. The van der Waals surface area contributed by atoms with E-state index in [2.05, 4.69) is 19.9 Å². The topological polar surface area (TPSA) is 46.5 Å². The Hall–Kier alpha value is -2.07. The molecule has 1 unspecified atom stereocenters. The van der Waals surface area contributed by atoms with Crippen molar-refractivity contribution < 1.29 is 9.00 Å². The van der Waals surface area contributed by atoms with Gasteiger partial charge in [0.2, 0.25) is 0 Å². The first-order valence-corrected chi connectivity index (χ1v) is 9.55. The third kappa shape index (κ3) is 3.54. The summed E-state index contributed by atoms with van der Waals surface area (Å²) < 4.78 is 11.5. The molecule has 0 bridgehead atoms. The van der Waals surface area contributed by atoms with Gasteiger partial charge in [-0.2, -0.15) is 0 Å². The molecular weight excluding hydrogens is 318 g/mol. The smallest absolute Gasteiger partial charge is 0.168 e. The van der Waals surface area contributed by atoms with E-state index in [9.17, 15) is 9.00 Å². The molecule has 0 N–H and O–H groups in total. The number of nitrogens with zero attached hydrogens (tertiary/aromatic N) is 1. The molecule has 1 heterocycles. The Kier molecular flexibility index (Phi) is 4.50. The van der Waals surface area contributed by atoms with E-state index in [0.717, 1.165) is 22.6 Å². The van der Waals surface area contributed by atoms with Crippen molar-refractivity contribution in [3.63, 3.8) is 0 Å². The van der Waals surface area contributed by atoms with Gasteiger partial charge in [-0.05, 0) is 43.5 Å². The van der Waals surface area contributed by atoms with E-state index in [0.29, 0.717) is 5.56 Å². The predicted octanol–water partition coefficient (Wildman–Crippen LogP) is 3.82. The lowest BCUT2D eigenvalue weighted by Crippen LogP contribution is -2.29. The molecule has 0 saturated carbocycles. The highest BCUT2D eigenvalue weighted by atomic mass is 32.2. The van der Waals surface area contributed by atoms with Crippen LogP contribution in [-0.2, 0) is 17.2 Å². The molecule has 0 aliphatic carbocycles. The van der Waals surface area contributed by atoms with E-state index in [-0.39, 0.29) is 17.7 Å². The quantitative estimate of drug-likeness (QED) is 0.795. The van der Waals surface area contributed by atoms with Crippen molar-refractivity contribution >= 4 is 22.3 Å². The number of fused-ring (bicyclic) bond motifs is 1. The van der Waals surface area contributed by atoms with E-state index in [1.165, 1.54) is 5.56 Å². The molecule has 3 rings (SSSR count). The van der Waals surface area contributed by atoms with Crippen LogP contribution in [0.15, 0.2) is 58.4 Å². The first kappa shape index (κ1) is 16.8. The fraction of sp³-hybridized carbons (Fsp3) is 0.300. The highest BCUT2D eigenvalue weighted by Crippen LogP contribution is 2.28. The molecule has 1 aliphatic rings. The van der Waals surface area contributed by atoms with Crippen LogP contribution in [-0.4, -0.2) is 27.5 Å². The van der Waals surface area contributed by atoms with Crippen molar-refractivity contribution in [2.75, 3.05) is 6.26 Å². The van der Waals surface area contributed by atoms with Gasteiger partial charge in [-0.1, -0.05) is 36.4 Å². The van der Waals surface area contributed by atoms with E-state index in [1.54, 1.807) is 30.5 Å². The van der Waals surface area contributed by atoms with Crippen LogP contribution in [0.2, 0.25) is 0 Å². The van der Waals surface area contributed by atoms with E-state index in [4.69, 9.17) is 4.99 Å². The lowest BCUT2D eigenvalue weighted by Gasteiger charge is -2.29. The van der Waals surface area contributed by atoms with Crippen LogP contribution in [0.4, 0.5) is 0 Å². The zero-order valence-electron chi connectivity index (χ0n) is 14.2. The Morgan fingerprint density at radius 1 is 1.12 bits per heavy atom. The SMILES string of the molecule is CS(=O)c1ccc(C(=O)CC2=NC(C)(C)Cc3ccccc32)cc1. The van der Waals surface area contributed by atoms with E-state index < -0.39 is 10.8 Å². The Morgan fingerprint density at radius 2 is 1.79 bits per heavy atom. The van der Waals surface area contributed by atoms with Crippen molar-refractivity contribution in [3.8, 4) is 0 Å². The standard InChI is InChI=1S/C20H21NO2S/c1-20(2)13-15-6-4-5-7-17(15)18(21-20)12-19(22)14-8-10-16(11-9-14)24(3)23/h4-11H,12-13H2,1-3H3. The molecule has 0 radical (unpaired) electrons.